The van der Waals surface area contributed by atoms with Crippen LogP contribution >= 0.6 is 41.5 Å². The van der Waals surface area contributed by atoms with Crippen molar-refractivity contribution in [3.05, 3.63) is 0 Å². The fourth-order valence-electron chi connectivity index (χ4n) is 3.15. The summed E-state index contributed by atoms with van der Waals surface area (Å²) in [4.78, 5) is 0. The number of rotatable bonds is 4. The second-order valence-corrected chi connectivity index (χ2v) is 10.1. The van der Waals surface area contributed by atoms with E-state index < -0.39 is 0 Å². The van der Waals surface area contributed by atoms with Crippen LogP contribution in [0.2, 0.25) is 0 Å². The highest BCUT2D eigenvalue weighted by atomic mass is 127. The van der Waals surface area contributed by atoms with Crippen LogP contribution in [-0.4, -0.2) is 53.9 Å². The van der Waals surface area contributed by atoms with Gasteiger partial charge in [-0.05, 0) is 6.42 Å². The van der Waals surface area contributed by atoms with Gasteiger partial charge in [0.15, 0.2) is 0 Å². The summed E-state index contributed by atoms with van der Waals surface area (Å²) in [6.45, 7) is 2.07. The van der Waals surface area contributed by atoms with Gasteiger partial charge in [0.2, 0.25) is 0 Å². The topological polar surface area (TPSA) is 53.5 Å². The van der Waals surface area contributed by atoms with Gasteiger partial charge in [0.1, 0.15) is 0 Å². The first-order valence-electron chi connectivity index (χ1n) is 5.58. The third kappa shape index (κ3) is 1.99. The zero-order chi connectivity index (χ0) is 12.5. The van der Waals surface area contributed by atoms with E-state index in [0.29, 0.717) is 0 Å². The van der Waals surface area contributed by atoms with Crippen molar-refractivity contribution in [3.8, 4) is 0 Å². The molecule has 0 bridgehead atoms. The van der Waals surface area contributed by atoms with Crippen LogP contribution in [0.25, 0.3) is 0 Å². The Morgan fingerprint density at radius 2 is 2.06 bits per heavy atom. The molecule has 2 fully saturated rings. The van der Waals surface area contributed by atoms with Crippen molar-refractivity contribution in [1.82, 2.24) is 10.9 Å². The van der Waals surface area contributed by atoms with Crippen LogP contribution in [0, 0.1) is 5.92 Å². The number of ether oxygens (including phenoxy) is 1. The molecule has 2 aliphatic rings. The van der Waals surface area contributed by atoms with Crippen molar-refractivity contribution in [2.45, 2.75) is 19.4 Å². The maximum atomic E-state index is 9.77. The molecule has 1 aliphatic carbocycles. The smallest absolute Gasteiger partial charge is 0.0648 e. The predicted octanol–water partition coefficient (Wildman–Crippen LogP) is 0.404. The molecule has 4 nitrogen and oxygen atoms in total. The van der Waals surface area contributed by atoms with Crippen molar-refractivity contribution < 1.29 is 9.84 Å². The van der Waals surface area contributed by atoms with Crippen molar-refractivity contribution in [2.75, 3.05) is 26.8 Å². The Bertz CT molecular complexity index is 329. The lowest BCUT2D eigenvalue weighted by molar-refractivity contribution is 0.0397. The number of alkyl halides is 2. The first kappa shape index (κ1) is 14.4. The highest BCUT2D eigenvalue weighted by molar-refractivity contribution is 14.2. The summed E-state index contributed by atoms with van der Waals surface area (Å²) in [6.07, 6.45) is 1.21. The Balaban J connectivity index is 2.47. The molecule has 3 N–H and O–H groups in total. The standard InChI is InChI=1S/C11H20I2N2O2/c1-12-10-4-9(17-3)8(5-16)11(10,13-2)7-15-14-6-10/h8-9,14-16H,1-2,4-7H2,3H3/t8-,9?,10-,11-/m1/s1. The molecule has 0 aromatic heterocycles. The van der Waals surface area contributed by atoms with E-state index in [2.05, 4.69) is 19.9 Å². The monoisotopic (exact) mass is 466 g/mol. The summed E-state index contributed by atoms with van der Waals surface area (Å²) in [7, 11) is 1.76. The van der Waals surface area contributed by atoms with Crippen LogP contribution in [0.3, 0.4) is 0 Å². The number of fused-ring (bicyclic) bond motifs is 1. The lowest BCUT2D eigenvalue weighted by Gasteiger charge is -2.47. The zero-order valence-corrected chi connectivity index (χ0v) is 14.3. The van der Waals surface area contributed by atoms with Crippen LogP contribution in [0.4, 0.5) is 0 Å². The first-order chi connectivity index (χ1) is 8.19. The van der Waals surface area contributed by atoms with Gasteiger partial charge in [0, 0.05) is 36.1 Å². The van der Waals surface area contributed by atoms with Crippen molar-refractivity contribution in [3.63, 3.8) is 0 Å². The molecule has 100 valence electrons. The summed E-state index contributed by atoms with van der Waals surface area (Å²) >= 11 is -0.376. The van der Waals surface area contributed by atoms with Crippen molar-refractivity contribution >= 4 is 50.5 Å². The molecule has 1 unspecified atom stereocenters. The fraction of sp³-hybridized carbons (Fsp3) is 0.818. The summed E-state index contributed by atoms with van der Waals surface area (Å²) in [5.41, 5.74) is 6.56. The van der Waals surface area contributed by atoms with Gasteiger partial charge < -0.3 is 9.84 Å². The first-order valence-corrected chi connectivity index (χ1v) is 10.8. The number of hydrazine groups is 1. The number of methoxy groups -OCH3 is 1. The van der Waals surface area contributed by atoms with Gasteiger partial charge in [-0.2, -0.15) is 0 Å². The van der Waals surface area contributed by atoms with Gasteiger partial charge in [-0.3, -0.25) is 10.9 Å². The van der Waals surface area contributed by atoms with Crippen LogP contribution < -0.4 is 10.9 Å². The second kappa shape index (κ2) is 5.58. The van der Waals surface area contributed by atoms with Crippen LogP contribution in [0.5, 0.6) is 0 Å². The van der Waals surface area contributed by atoms with E-state index in [9.17, 15) is 5.11 Å². The molecule has 1 saturated carbocycles. The lowest BCUT2D eigenvalue weighted by Crippen LogP contribution is -2.65. The predicted molar refractivity (Wildman–Crippen MR) is 89.7 cm³/mol. The number of hydrogen-bond donors (Lipinski definition) is 3. The minimum absolute atomic E-state index is 0.154. The minimum atomic E-state index is -0.219. The highest BCUT2D eigenvalue weighted by Gasteiger charge is 2.63. The maximum Gasteiger partial charge on any atom is 0.0648 e. The van der Waals surface area contributed by atoms with Gasteiger partial charge in [-0.1, -0.05) is 9.03 Å². The maximum absolute atomic E-state index is 9.77. The van der Waals surface area contributed by atoms with Crippen LogP contribution in [0.15, 0.2) is 0 Å². The van der Waals surface area contributed by atoms with Gasteiger partial charge in [0.25, 0.3) is 0 Å². The zero-order valence-electron chi connectivity index (χ0n) is 10.0. The number of hydrogen-bond acceptors (Lipinski definition) is 4. The molecular formula is C11H20I2N2O2. The molecule has 6 heteroatoms. The average molecular weight is 466 g/mol. The molecule has 1 aliphatic heterocycles. The summed E-state index contributed by atoms with van der Waals surface area (Å²) in [5.74, 6) is 0.230. The lowest BCUT2D eigenvalue weighted by atomic mass is 9.88. The SMILES string of the molecule is C=I[C@]12CNNC[C@@]1(I=C)[C@H](CO)C(OC)C2. The molecule has 0 radical (unpaired) electrons. The number of aliphatic hydroxyl groups excluding tert-OH is 1. The molecule has 1 heterocycles. The number of aliphatic hydroxyl groups is 1. The van der Waals surface area contributed by atoms with E-state index in [4.69, 9.17) is 4.74 Å². The summed E-state index contributed by atoms with van der Waals surface area (Å²) in [5, 5.41) is 9.77. The number of nitrogens with one attached hydrogen (secondary N) is 2. The van der Waals surface area contributed by atoms with E-state index in [1.54, 1.807) is 7.11 Å². The minimum Gasteiger partial charge on any atom is -0.396 e. The van der Waals surface area contributed by atoms with E-state index in [0.717, 1.165) is 19.5 Å². The summed E-state index contributed by atoms with van der Waals surface area (Å²) in [6, 6.07) is 0. The normalized spacial score (nSPS) is 45.8. The Hall–Kier alpha value is 1.04. The number of halogens is 2. The molecule has 0 aromatic carbocycles. The van der Waals surface area contributed by atoms with E-state index in [1.165, 1.54) is 0 Å². The van der Waals surface area contributed by atoms with E-state index in [-0.39, 0.29) is 66.9 Å². The Labute approximate surface area is 122 Å². The fourth-order valence-corrected chi connectivity index (χ4v) is 10.2. The highest BCUT2D eigenvalue weighted by Crippen LogP contribution is 2.59. The van der Waals surface area contributed by atoms with Crippen LogP contribution in [-0.2, 0) is 4.74 Å². The quantitative estimate of drug-likeness (QED) is 0.415. The molecule has 17 heavy (non-hydrogen) atoms. The van der Waals surface area contributed by atoms with Gasteiger partial charge in [-0.15, -0.1) is 41.5 Å². The molecule has 1 saturated heterocycles. The molecule has 0 aromatic rings. The average Bonchev–Trinajstić information content (AvgIpc) is 2.68. The second-order valence-electron chi connectivity index (χ2n) is 4.57. The summed E-state index contributed by atoms with van der Waals surface area (Å²) < 4.78 is 14.6. The molecule has 0 amide bonds. The van der Waals surface area contributed by atoms with Gasteiger partial charge >= 0.3 is 0 Å². The molecule has 4 atom stereocenters. The molecule has 0 spiro atoms. The van der Waals surface area contributed by atoms with Crippen LogP contribution in [0.1, 0.15) is 6.42 Å². The molecular weight excluding hydrogens is 446 g/mol. The van der Waals surface area contributed by atoms with Crippen molar-refractivity contribution in [2.24, 2.45) is 5.92 Å². The Kier molecular flexibility index (Phi) is 4.74. The largest absolute Gasteiger partial charge is 0.396 e. The van der Waals surface area contributed by atoms with E-state index in [1.807, 2.05) is 0 Å². The third-order valence-corrected chi connectivity index (χ3v) is 12.0. The van der Waals surface area contributed by atoms with Gasteiger partial charge in [0.05, 0.1) is 9.53 Å². The van der Waals surface area contributed by atoms with Gasteiger partial charge in [-0.25, -0.2) is 0 Å². The van der Waals surface area contributed by atoms with Crippen molar-refractivity contribution in [1.29, 1.82) is 0 Å². The third-order valence-electron chi connectivity index (χ3n) is 4.14. The van der Waals surface area contributed by atoms with E-state index >= 15 is 0 Å². The molecule has 2 rings (SSSR count). The Morgan fingerprint density at radius 3 is 2.59 bits per heavy atom. The Morgan fingerprint density at radius 1 is 1.35 bits per heavy atom.